The van der Waals surface area contributed by atoms with E-state index in [-0.39, 0.29) is 11.6 Å². The third kappa shape index (κ3) is 5.50. The summed E-state index contributed by atoms with van der Waals surface area (Å²) in [4.78, 5) is 0. The van der Waals surface area contributed by atoms with E-state index >= 15 is 0 Å². The Kier molecular flexibility index (Phi) is 4.78. The van der Waals surface area contributed by atoms with Gasteiger partial charge in [-0.05, 0) is 44.9 Å². The second-order valence-corrected chi connectivity index (χ2v) is 5.45. The van der Waals surface area contributed by atoms with Crippen LogP contribution in [-0.2, 0) is 11.2 Å². The molecule has 0 aliphatic rings. The van der Waals surface area contributed by atoms with Crippen LogP contribution in [0.2, 0.25) is 5.02 Å². The second kappa shape index (κ2) is 5.67. The van der Waals surface area contributed by atoms with Crippen LogP contribution in [0.1, 0.15) is 26.3 Å². The maximum absolute atomic E-state index is 5.99. The van der Waals surface area contributed by atoms with E-state index in [1.807, 2.05) is 45.0 Å². The van der Waals surface area contributed by atoms with Gasteiger partial charge in [-0.25, -0.2) is 0 Å². The van der Waals surface area contributed by atoms with Crippen LogP contribution in [0.15, 0.2) is 24.3 Å². The molecular formula is C13H20ClNO. The van der Waals surface area contributed by atoms with Crippen molar-refractivity contribution in [1.29, 1.82) is 0 Å². The van der Waals surface area contributed by atoms with Gasteiger partial charge in [-0.2, -0.15) is 0 Å². The molecule has 1 rings (SSSR count). The molecular weight excluding hydrogens is 222 g/mol. The largest absolute Gasteiger partial charge is 0.374 e. The highest BCUT2D eigenvalue weighted by atomic mass is 35.5. The average molecular weight is 242 g/mol. The molecule has 0 fully saturated rings. The fourth-order valence-corrected chi connectivity index (χ4v) is 1.60. The lowest BCUT2D eigenvalue weighted by molar-refractivity contribution is -0.00983. The van der Waals surface area contributed by atoms with Crippen molar-refractivity contribution < 1.29 is 4.74 Å². The van der Waals surface area contributed by atoms with Crippen LogP contribution < -0.4 is 5.73 Å². The summed E-state index contributed by atoms with van der Waals surface area (Å²) in [6, 6.07) is 7.79. The Bertz CT molecular complexity index is 333. The molecule has 0 saturated heterocycles. The standard InChI is InChI=1S/C13H20ClNO/c1-13(2,3)16-9-12(15)8-10-5-4-6-11(14)7-10/h4-7,12H,8-9,15H2,1-3H3. The molecule has 0 radical (unpaired) electrons. The monoisotopic (exact) mass is 241 g/mol. The number of rotatable bonds is 4. The predicted molar refractivity (Wildman–Crippen MR) is 68.8 cm³/mol. The first-order valence-corrected chi connectivity index (χ1v) is 5.88. The summed E-state index contributed by atoms with van der Waals surface area (Å²) in [6.07, 6.45) is 0.788. The molecule has 16 heavy (non-hydrogen) atoms. The lowest BCUT2D eigenvalue weighted by Gasteiger charge is -2.22. The first kappa shape index (κ1) is 13.5. The van der Waals surface area contributed by atoms with E-state index in [1.54, 1.807) is 0 Å². The van der Waals surface area contributed by atoms with E-state index in [9.17, 15) is 0 Å². The van der Waals surface area contributed by atoms with E-state index in [4.69, 9.17) is 22.1 Å². The zero-order valence-electron chi connectivity index (χ0n) is 10.2. The molecule has 3 heteroatoms. The Hall–Kier alpha value is -0.570. The van der Waals surface area contributed by atoms with Gasteiger partial charge in [0.1, 0.15) is 0 Å². The van der Waals surface area contributed by atoms with Gasteiger partial charge in [-0.1, -0.05) is 23.7 Å². The number of halogens is 1. The molecule has 0 aliphatic carbocycles. The average Bonchev–Trinajstić information content (AvgIpc) is 2.14. The Labute approximate surface area is 103 Å². The maximum Gasteiger partial charge on any atom is 0.0627 e. The molecule has 0 aromatic heterocycles. The topological polar surface area (TPSA) is 35.2 Å². The van der Waals surface area contributed by atoms with E-state index in [2.05, 4.69) is 0 Å². The number of benzene rings is 1. The molecule has 0 bridgehead atoms. The molecule has 0 heterocycles. The van der Waals surface area contributed by atoms with Crippen molar-refractivity contribution >= 4 is 11.6 Å². The minimum absolute atomic E-state index is 0.0118. The third-order valence-electron chi connectivity index (χ3n) is 2.12. The molecule has 0 amide bonds. The summed E-state index contributed by atoms with van der Waals surface area (Å²) >= 11 is 5.91. The first-order chi connectivity index (χ1) is 7.37. The lowest BCUT2D eigenvalue weighted by atomic mass is 10.1. The van der Waals surface area contributed by atoms with Crippen molar-refractivity contribution in [3.8, 4) is 0 Å². The molecule has 1 atom stereocenters. The minimum atomic E-state index is -0.133. The van der Waals surface area contributed by atoms with Crippen molar-refractivity contribution in [3.63, 3.8) is 0 Å². The molecule has 1 unspecified atom stereocenters. The van der Waals surface area contributed by atoms with Crippen LogP contribution in [0.3, 0.4) is 0 Å². The van der Waals surface area contributed by atoms with Gasteiger partial charge >= 0.3 is 0 Å². The highest BCUT2D eigenvalue weighted by Crippen LogP contribution is 2.13. The Morgan fingerprint density at radius 3 is 2.62 bits per heavy atom. The smallest absolute Gasteiger partial charge is 0.0627 e. The van der Waals surface area contributed by atoms with Crippen molar-refractivity contribution in [3.05, 3.63) is 34.9 Å². The molecule has 0 saturated carbocycles. The molecule has 2 nitrogen and oxygen atoms in total. The number of nitrogens with two attached hydrogens (primary N) is 1. The van der Waals surface area contributed by atoms with Gasteiger partial charge in [0, 0.05) is 11.1 Å². The highest BCUT2D eigenvalue weighted by Gasteiger charge is 2.13. The minimum Gasteiger partial charge on any atom is -0.374 e. The Balaban J connectivity index is 2.43. The Morgan fingerprint density at radius 1 is 1.38 bits per heavy atom. The molecule has 90 valence electrons. The van der Waals surface area contributed by atoms with Crippen molar-refractivity contribution in [1.82, 2.24) is 0 Å². The summed E-state index contributed by atoms with van der Waals surface area (Å²) in [6.45, 7) is 6.65. The Morgan fingerprint density at radius 2 is 2.06 bits per heavy atom. The molecule has 1 aromatic carbocycles. The van der Waals surface area contributed by atoms with Gasteiger partial charge in [-0.15, -0.1) is 0 Å². The fourth-order valence-electron chi connectivity index (χ4n) is 1.38. The summed E-state index contributed by atoms with van der Waals surface area (Å²) < 4.78 is 5.64. The second-order valence-electron chi connectivity index (χ2n) is 5.02. The normalized spacial score (nSPS) is 13.8. The first-order valence-electron chi connectivity index (χ1n) is 5.51. The fraction of sp³-hybridized carbons (Fsp3) is 0.538. The number of hydrogen-bond donors (Lipinski definition) is 1. The zero-order chi connectivity index (χ0) is 12.2. The maximum atomic E-state index is 5.99. The highest BCUT2D eigenvalue weighted by molar-refractivity contribution is 6.30. The van der Waals surface area contributed by atoms with Crippen molar-refractivity contribution in [2.45, 2.75) is 38.8 Å². The molecule has 1 aromatic rings. The van der Waals surface area contributed by atoms with E-state index < -0.39 is 0 Å². The van der Waals surface area contributed by atoms with Crippen molar-refractivity contribution in [2.75, 3.05) is 6.61 Å². The molecule has 2 N–H and O–H groups in total. The predicted octanol–water partition coefficient (Wildman–Crippen LogP) is 3.02. The van der Waals surface area contributed by atoms with Gasteiger partial charge in [0.2, 0.25) is 0 Å². The summed E-state index contributed by atoms with van der Waals surface area (Å²) in [5.41, 5.74) is 7.01. The van der Waals surface area contributed by atoms with Gasteiger partial charge in [0.25, 0.3) is 0 Å². The number of ether oxygens (including phenoxy) is 1. The van der Waals surface area contributed by atoms with Crippen LogP contribution in [0.4, 0.5) is 0 Å². The molecule has 0 aliphatic heterocycles. The van der Waals surface area contributed by atoms with Gasteiger partial charge in [0.15, 0.2) is 0 Å². The van der Waals surface area contributed by atoms with Crippen LogP contribution >= 0.6 is 11.6 Å². The van der Waals surface area contributed by atoms with E-state index in [1.165, 1.54) is 0 Å². The zero-order valence-corrected chi connectivity index (χ0v) is 10.9. The lowest BCUT2D eigenvalue weighted by Crippen LogP contribution is -2.33. The summed E-state index contributed by atoms with van der Waals surface area (Å²) in [5.74, 6) is 0. The van der Waals surface area contributed by atoms with E-state index in [0.29, 0.717) is 6.61 Å². The number of hydrogen-bond acceptors (Lipinski definition) is 2. The van der Waals surface area contributed by atoms with Crippen molar-refractivity contribution in [2.24, 2.45) is 5.73 Å². The van der Waals surface area contributed by atoms with Crippen LogP contribution in [0.25, 0.3) is 0 Å². The van der Waals surface area contributed by atoms with Gasteiger partial charge in [0.05, 0.1) is 12.2 Å². The third-order valence-corrected chi connectivity index (χ3v) is 2.35. The molecule has 0 spiro atoms. The summed E-state index contributed by atoms with van der Waals surface area (Å²) in [7, 11) is 0. The van der Waals surface area contributed by atoms with Crippen LogP contribution in [0, 0.1) is 0 Å². The van der Waals surface area contributed by atoms with Gasteiger partial charge < -0.3 is 10.5 Å². The van der Waals surface area contributed by atoms with Gasteiger partial charge in [-0.3, -0.25) is 0 Å². The summed E-state index contributed by atoms with van der Waals surface area (Å²) in [5, 5.41) is 0.751. The van der Waals surface area contributed by atoms with E-state index in [0.717, 1.165) is 17.0 Å². The van der Waals surface area contributed by atoms with Crippen LogP contribution in [-0.4, -0.2) is 18.2 Å². The van der Waals surface area contributed by atoms with Crippen LogP contribution in [0.5, 0.6) is 0 Å². The SMILES string of the molecule is CC(C)(C)OCC(N)Cc1cccc(Cl)c1. The quantitative estimate of drug-likeness (QED) is 0.880.